The molecule has 0 spiro atoms. The number of aryl methyl sites for hydroxylation is 1. The molecule has 1 rings (SSSR count). The van der Waals surface area contributed by atoms with Gasteiger partial charge in [0.15, 0.2) is 0 Å². The number of ether oxygens (including phenoxy) is 1. The molecule has 17 heavy (non-hydrogen) atoms. The van der Waals surface area contributed by atoms with Gasteiger partial charge in [-0.1, -0.05) is 6.92 Å². The first-order valence-electron chi connectivity index (χ1n) is 5.68. The number of methoxy groups -OCH3 is 1. The second kappa shape index (κ2) is 6.25. The van der Waals surface area contributed by atoms with Crippen molar-refractivity contribution in [3.8, 4) is 5.75 Å². The van der Waals surface area contributed by atoms with Crippen LogP contribution in [0.15, 0.2) is 18.2 Å². The molecule has 0 aliphatic carbocycles. The topological polar surface area (TPSA) is 49.8 Å². The molecule has 0 aliphatic heterocycles. The molecule has 4 nitrogen and oxygen atoms in total. The van der Waals surface area contributed by atoms with Crippen molar-refractivity contribution >= 4 is 11.6 Å². The second-order valence-corrected chi connectivity index (χ2v) is 3.78. The van der Waals surface area contributed by atoms with E-state index >= 15 is 0 Å². The van der Waals surface area contributed by atoms with E-state index in [0.717, 1.165) is 23.4 Å². The molecule has 1 amide bonds. The van der Waals surface area contributed by atoms with Crippen LogP contribution in [0.25, 0.3) is 0 Å². The molecular formula is C13H19NO3. The summed E-state index contributed by atoms with van der Waals surface area (Å²) in [5, 5.41) is 8.75. The smallest absolute Gasteiger partial charge is 0.229 e. The fraction of sp³-hybridized carbons (Fsp3) is 0.462. The van der Waals surface area contributed by atoms with Crippen molar-refractivity contribution in [1.29, 1.82) is 0 Å². The summed E-state index contributed by atoms with van der Waals surface area (Å²) in [5.41, 5.74) is 1.88. The van der Waals surface area contributed by atoms with Crippen LogP contribution in [0, 0.1) is 0 Å². The van der Waals surface area contributed by atoms with Crippen LogP contribution in [-0.2, 0) is 11.2 Å². The molecule has 1 N–H and O–H groups in total. The lowest BCUT2D eigenvalue weighted by Crippen LogP contribution is -2.26. The average molecular weight is 237 g/mol. The lowest BCUT2D eigenvalue weighted by atomic mass is 10.1. The maximum Gasteiger partial charge on any atom is 0.229 e. The Hall–Kier alpha value is -1.55. The molecular weight excluding hydrogens is 218 g/mol. The largest absolute Gasteiger partial charge is 0.496 e. The van der Waals surface area contributed by atoms with Gasteiger partial charge in [-0.3, -0.25) is 4.79 Å². The molecule has 4 heteroatoms. The van der Waals surface area contributed by atoms with E-state index < -0.39 is 0 Å². The normalized spacial score (nSPS) is 10.1. The van der Waals surface area contributed by atoms with Gasteiger partial charge in [0.05, 0.1) is 20.1 Å². The van der Waals surface area contributed by atoms with Gasteiger partial charge in [-0.05, 0) is 30.2 Å². The van der Waals surface area contributed by atoms with Crippen molar-refractivity contribution in [3.05, 3.63) is 23.8 Å². The van der Waals surface area contributed by atoms with Crippen LogP contribution in [0.1, 0.15) is 18.9 Å². The highest BCUT2D eigenvalue weighted by molar-refractivity contribution is 5.93. The number of anilines is 1. The fourth-order valence-corrected chi connectivity index (χ4v) is 1.66. The molecule has 0 saturated heterocycles. The molecule has 0 heterocycles. The summed E-state index contributed by atoms with van der Waals surface area (Å²) in [5.74, 6) is 0.735. The maximum atomic E-state index is 11.6. The Morgan fingerprint density at radius 1 is 1.47 bits per heavy atom. The number of aliphatic hydroxyl groups excluding tert-OH is 1. The molecule has 0 radical (unpaired) electrons. The second-order valence-electron chi connectivity index (χ2n) is 3.78. The third-order valence-electron chi connectivity index (χ3n) is 2.73. The first-order chi connectivity index (χ1) is 8.13. The summed E-state index contributed by atoms with van der Waals surface area (Å²) in [6.07, 6.45) is 0.989. The van der Waals surface area contributed by atoms with Crippen molar-refractivity contribution in [2.75, 3.05) is 25.7 Å². The Bertz CT molecular complexity index is 390. The highest BCUT2D eigenvalue weighted by atomic mass is 16.5. The molecule has 0 saturated carbocycles. The van der Waals surface area contributed by atoms with Gasteiger partial charge < -0.3 is 14.7 Å². The van der Waals surface area contributed by atoms with Crippen LogP contribution in [0.2, 0.25) is 0 Å². The van der Waals surface area contributed by atoms with E-state index in [4.69, 9.17) is 9.84 Å². The molecule has 0 bridgehead atoms. The van der Waals surface area contributed by atoms with Crippen LogP contribution in [0.4, 0.5) is 5.69 Å². The predicted octanol–water partition coefficient (Wildman–Crippen LogP) is 1.60. The molecule has 0 aliphatic rings. The molecule has 0 unspecified atom stereocenters. The number of rotatable bonds is 5. The Labute approximate surface area is 102 Å². The van der Waals surface area contributed by atoms with E-state index in [1.54, 1.807) is 19.1 Å². The third kappa shape index (κ3) is 3.20. The highest BCUT2D eigenvalue weighted by Gasteiger charge is 2.11. The van der Waals surface area contributed by atoms with Gasteiger partial charge in [0.1, 0.15) is 5.75 Å². The minimum absolute atomic E-state index is 0.0975. The highest BCUT2D eigenvalue weighted by Crippen LogP contribution is 2.25. The summed E-state index contributed by atoms with van der Waals surface area (Å²) >= 11 is 0. The molecule has 0 aromatic heterocycles. The quantitative estimate of drug-likeness (QED) is 0.846. The first-order valence-corrected chi connectivity index (χ1v) is 5.68. The number of aliphatic hydroxyl groups is 1. The van der Waals surface area contributed by atoms with Crippen LogP contribution in [-0.4, -0.2) is 31.8 Å². The maximum absolute atomic E-state index is 11.6. The van der Waals surface area contributed by atoms with Crippen LogP contribution < -0.4 is 9.64 Å². The zero-order valence-electron chi connectivity index (χ0n) is 10.6. The van der Waals surface area contributed by atoms with Crippen molar-refractivity contribution in [2.45, 2.75) is 19.8 Å². The lowest BCUT2D eigenvalue weighted by molar-refractivity contribution is -0.118. The summed E-state index contributed by atoms with van der Waals surface area (Å²) in [6, 6.07) is 5.64. The summed E-state index contributed by atoms with van der Waals surface area (Å²) in [7, 11) is 3.34. The van der Waals surface area contributed by atoms with Crippen LogP contribution in [0.5, 0.6) is 5.75 Å². The fourth-order valence-electron chi connectivity index (χ4n) is 1.66. The van der Waals surface area contributed by atoms with E-state index in [1.165, 1.54) is 0 Å². The van der Waals surface area contributed by atoms with Crippen LogP contribution >= 0.6 is 0 Å². The number of nitrogens with zero attached hydrogens (tertiary/aromatic N) is 1. The van der Waals surface area contributed by atoms with Crippen molar-refractivity contribution in [2.24, 2.45) is 0 Å². The Morgan fingerprint density at radius 2 is 2.18 bits per heavy atom. The van der Waals surface area contributed by atoms with Gasteiger partial charge in [-0.2, -0.15) is 0 Å². The minimum Gasteiger partial charge on any atom is -0.496 e. The van der Waals surface area contributed by atoms with Gasteiger partial charge in [0.25, 0.3) is 0 Å². The number of carbonyl (C=O) groups excluding carboxylic acids is 1. The SMILES string of the molecule is CCc1cc(N(C)C(=O)CCO)ccc1OC. The number of benzene rings is 1. The molecule has 0 atom stereocenters. The van der Waals surface area contributed by atoms with E-state index in [2.05, 4.69) is 0 Å². The van der Waals surface area contributed by atoms with Crippen molar-refractivity contribution in [3.63, 3.8) is 0 Å². The number of hydrogen-bond donors (Lipinski definition) is 1. The molecule has 94 valence electrons. The summed E-state index contributed by atoms with van der Waals surface area (Å²) in [4.78, 5) is 13.2. The van der Waals surface area contributed by atoms with Gasteiger partial charge >= 0.3 is 0 Å². The monoisotopic (exact) mass is 237 g/mol. The Balaban J connectivity index is 2.95. The van der Waals surface area contributed by atoms with E-state index in [-0.39, 0.29) is 18.9 Å². The average Bonchev–Trinajstić information content (AvgIpc) is 2.37. The Kier molecular flexibility index (Phi) is 4.97. The predicted molar refractivity (Wildman–Crippen MR) is 67.5 cm³/mol. The molecule has 1 aromatic carbocycles. The summed E-state index contributed by atoms with van der Waals surface area (Å²) < 4.78 is 5.24. The standard InChI is InChI=1S/C13H19NO3/c1-4-10-9-11(5-6-12(10)17-3)14(2)13(16)7-8-15/h5-6,9,15H,4,7-8H2,1-3H3. The van der Waals surface area contributed by atoms with E-state index in [0.29, 0.717) is 0 Å². The lowest BCUT2D eigenvalue weighted by Gasteiger charge is -2.18. The van der Waals surface area contributed by atoms with Gasteiger partial charge in [0, 0.05) is 12.7 Å². The first kappa shape index (κ1) is 13.5. The van der Waals surface area contributed by atoms with Gasteiger partial charge in [0.2, 0.25) is 5.91 Å². The van der Waals surface area contributed by atoms with Crippen molar-refractivity contribution in [1.82, 2.24) is 0 Å². The summed E-state index contributed by atoms with van der Waals surface area (Å²) in [6.45, 7) is 1.91. The van der Waals surface area contributed by atoms with E-state index in [9.17, 15) is 4.79 Å². The number of carbonyl (C=O) groups is 1. The molecule has 1 aromatic rings. The third-order valence-corrected chi connectivity index (χ3v) is 2.73. The minimum atomic E-state index is -0.125. The Morgan fingerprint density at radius 3 is 2.71 bits per heavy atom. The van der Waals surface area contributed by atoms with E-state index in [1.807, 2.05) is 25.1 Å². The van der Waals surface area contributed by atoms with Gasteiger partial charge in [-0.25, -0.2) is 0 Å². The number of hydrogen-bond acceptors (Lipinski definition) is 3. The van der Waals surface area contributed by atoms with Crippen LogP contribution in [0.3, 0.4) is 0 Å². The van der Waals surface area contributed by atoms with Gasteiger partial charge in [-0.15, -0.1) is 0 Å². The van der Waals surface area contributed by atoms with Crippen molar-refractivity contribution < 1.29 is 14.6 Å². The zero-order chi connectivity index (χ0) is 12.8. The number of amides is 1. The molecule has 0 fully saturated rings. The zero-order valence-corrected chi connectivity index (χ0v) is 10.6.